The lowest BCUT2D eigenvalue weighted by Gasteiger charge is -2.02. The summed E-state index contributed by atoms with van der Waals surface area (Å²) in [5.74, 6) is -2.67. The van der Waals surface area contributed by atoms with Gasteiger partial charge in [-0.05, 0) is 38.1 Å². The molecule has 1 fully saturated rings. The zero-order valence-corrected chi connectivity index (χ0v) is 18.8. The van der Waals surface area contributed by atoms with Gasteiger partial charge in [-0.15, -0.1) is 0 Å². The van der Waals surface area contributed by atoms with Gasteiger partial charge in [0.25, 0.3) is 26.2 Å². The molecule has 0 bridgehead atoms. The van der Waals surface area contributed by atoms with Crippen LogP contribution in [0.25, 0.3) is 0 Å². The maximum atomic E-state index is 12.2. The highest BCUT2D eigenvalue weighted by molar-refractivity contribution is 7.86. The highest BCUT2D eigenvalue weighted by Gasteiger charge is 2.39. The predicted molar refractivity (Wildman–Crippen MR) is 113 cm³/mol. The van der Waals surface area contributed by atoms with Crippen LogP contribution in [0.15, 0.2) is 58.3 Å². The molecule has 0 saturated carbocycles. The number of aryl methyl sites for hydroxylation is 2. The van der Waals surface area contributed by atoms with Gasteiger partial charge in [0.15, 0.2) is 0 Å². The van der Waals surface area contributed by atoms with E-state index in [1.807, 2.05) is 13.8 Å². The molecule has 3 rings (SSSR count). The summed E-state index contributed by atoms with van der Waals surface area (Å²) in [7, 11) is -8.04. The predicted octanol–water partition coefficient (Wildman–Crippen LogP) is 2.17. The highest BCUT2D eigenvalue weighted by atomic mass is 32.2. The molecule has 1 aliphatic rings. The Morgan fingerprint density at radius 3 is 1.44 bits per heavy atom. The summed E-state index contributed by atoms with van der Waals surface area (Å²) < 4.78 is 83.4. The standard InChI is InChI=1S/2C7H8O3S.C5H6F2N2.H2O/c2*1-6-2-4-7(5-3-6)11(8,9)10;6-5(7)1-4(2-8)9-3-5;/h2*2-5H,1H3,(H,8,9,10);4,9H,1,3H2;1H2/t;;4-;/m..0./s1. The van der Waals surface area contributed by atoms with Crippen molar-refractivity contribution in [2.24, 2.45) is 0 Å². The number of hydrogen-bond acceptors (Lipinski definition) is 6. The largest absolute Gasteiger partial charge is 0.412 e. The first-order valence-electron chi connectivity index (χ1n) is 8.73. The minimum absolute atomic E-state index is 0. The normalized spacial score (nSPS) is 16.8. The van der Waals surface area contributed by atoms with Gasteiger partial charge in [-0.1, -0.05) is 35.4 Å². The van der Waals surface area contributed by atoms with Crippen molar-refractivity contribution in [2.75, 3.05) is 6.54 Å². The number of nitrogens with zero attached hydrogens (tertiary/aromatic N) is 1. The van der Waals surface area contributed by atoms with Gasteiger partial charge in [0, 0.05) is 6.42 Å². The lowest BCUT2D eigenvalue weighted by molar-refractivity contribution is 0.0224. The fourth-order valence-corrected chi connectivity index (χ4v) is 3.19. The van der Waals surface area contributed by atoms with Crippen LogP contribution in [0, 0.1) is 25.2 Å². The third kappa shape index (κ3) is 10.7. The monoisotopic (exact) mass is 494 g/mol. The molecule has 1 aliphatic heterocycles. The van der Waals surface area contributed by atoms with E-state index in [4.69, 9.17) is 14.4 Å². The van der Waals surface area contributed by atoms with E-state index in [0.29, 0.717) is 0 Å². The quantitative estimate of drug-likeness (QED) is 0.532. The Hall–Kier alpha value is -2.47. The van der Waals surface area contributed by atoms with Gasteiger partial charge in [-0.2, -0.15) is 22.1 Å². The first-order valence-corrected chi connectivity index (χ1v) is 11.6. The molecule has 9 nitrogen and oxygen atoms in total. The van der Waals surface area contributed by atoms with Crippen molar-refractivity contribution in [2.45, 2.75) is 42.0 Å². The van der Waals surface area contributed by atoms with Gasteiger partial charge in [-0.3, -0.25) is 14.4 Å². The summed E-state index contributed by atoms with van der Waals surface area (Å²) in [6, 6.07) is 13.1. The fourth-order valence-electron chi connectivity index (χ4n) is 2.23. The summed E-state index contributed by atoms with van der Waals surface area (Å²) in [5.41, 5.74) is 1.91. The third-order valence-corrected chi connectivity index (χ3v) is 5.64. The van der Waals surface area contributed by atoms with Crippen LogP contribution in [-0.4, -0.2) is 49.9 Å². The van der Waals surface area contributed by atoms with Crippen LogP contribution in [0.3, 0.4) is 0 Å². The first kappa shape index (κ1) is 29.5. The maximum Gasteiger partial charge on any atom is 0.294 e. The topological polar surface area (TPSA) is 176 Å². The van der Waals surface area contributed by atoms with Gasteiger partial charge in [0.2, 0.25) is 0 Å². The second kappa shape index (κ2) is 12.0. The second-order valence-electron chi connectivity index (χ2n) is 6.70. The van der Waals surface area contributed by atoms with E-state index in [9.17, 15) is 25.6 Å². The number of alkyl halides is 2. The maximum absolute atomic E-state index is 12.2. The molecule has 1 atom stereocenters. The second-order valence-corrected chi connectivity index (χ2v) is 9.54. The summed E-state index contributed by atoms with van der Waals surface area (Å²) in [5, 5.41) is 10.5. The van der Waals surface area contributed by atoms with Gasteiger partial charge in [0.1, 0.15) is 6.04 Å². The van der Waals surface area contributed by atoms with Crippen LogP contribution < -0.4 is 5.32 Å². The van der Waals surface area contributed by atoms with Crippen LogP contribution >= 0.6 is 0 Å². The minimum atomic E-state index is -4.02. The Balaban J connectivity index is 0.000000446. The SMILES string of the molecule is Cc1ccc(S(=O)(=O)O)cc1.Cc1ccc(S(=O)(=O)O)cc1.N#C[C@@H]1CC(F)(F)CN1.O. The van der Waals surface area contributed by atoms with E-state index in [1.165, 1.54) is 24.3 Å². The Morgan fingerprint density at radius 2 is 1.25 bits per heavy atom. The van der Waals surface area contributed by atoms with E-state index in [1.54, 1.807) is 30.3 Å². The van der Waals surface area contributed by atoms with Crippen molar-refractivity contribution >= 4 is 20.2 Å². The zero-order valence-electron chi connectivity index (χ0n) is 17.2. The van der Waals surface area contributed by atoms with Crippen LogP contribution in [0.2, 0.25) is 0 Å². The van der Waals surface area contributed by atoms with E-state index >= 15 is 0 Å². The molecule has 0 radical (unpaired) electrons. The van der Waals surface area contributed by atoms with E-state index in [-0.39, 0.29) is 28.2 Å². The molecule has 32 heavy (non-hydrogen) atoms. The van der Waals surface area contributed by atoms with Crippen molar-refractivity contribution < 1.29 is 40.2 Å². The van der Waals surface area contributed by atoms with Crippen molar-refractivity contribution in [1.29, 1.82) is 5.26 Å². The molecule has 5 N–H and O–H groups in total. The molecule has 1 saturated heterocycles. The van der Waals surface area contributed by atoms with E-state index in [2.05, 4.69) is 5.32 Å². The molecular weight excluding hydrogens is 470 g/mol. The molecular formula is C19H24F2N2O7S2. The Bertz CT molecular complexity index is 1040. The van der Waals surface area contributed by atoms with Crippen molar-refractivity contribution in [1.82, 2.24) is 5.32 Å². The Morgan fingerprint density at radius 1 is 0.906 bits per heavy atom. The molecule has 0 amide bonds. The van der Waals surface area contributed by atoms with Crippen molar-refractivity contribution in [3.05, 3.63) is 59.7 Å². The fraction of sp³-hybridized carbons (Fsp3) is 0.316. The van der Waals surface area contributed by atoms with Crippen LogP contribution in [0.5, 0.6) is 0 Å². The number of nitriles is 1. The number of nitrogens with one attached hydrogen (secondary N) is 1. The Labute approximate surface area is 185 Å². The molecule has 2 aromatic carbocycles. The summed E-state index contributed by atoms with van der Waals surface area (Å²) in [4.78, 5) is -0.133. The summed E-state index contributed by atoms with van der Waals surface area (Å²) >= 11 is 0. The van der Waals surface area contributed by atoms with E-state index < -0.39 is 32.2 Å². The lowest BCUT2D eigenvalue weighted by Crippen LogP contribution is -2.21. The molecule has 0 unspecified atom stereocenters. The lowest BCUT2D eigenvalue weighted by atomic mass is 10.2. The average Bonchev–Trinajstić information content (AvgIpc) is 3.01. The van der Waals surface area contributed by atoms with Crippen LogP contribution in [-0.2, 0) is 20.2 Å². The van der Waals surface area contributed by atoms with Crippen molar-refractivity contribution in [3.8, 4) is 6.07 Å². The van der Waals surface area contributed by atoms with Crippen LogP contribution in [0.4, 0.5) is 8.78 Å². The molecule has 1 heterocycles. The molecule has 0 aromatic heterocycles. The first-order chi connectivity index (χ1) is 14.1. The molecule has 178 valence electrons. The third-order valence-electron chi connectivity index (χ3n) is 3.90. The number of rotatable bonds is 2. The van der Waals surface area contributed by atoms with Gasteiger partial charge in [-0.25, -0.2) is 8.78 Å². The average molecular weight is 495 g/mol. The van der Waals surface area contributed by atoms with E-state index in [0.717, 1.165) is 11.1 Å². The van der Waals surface area contributed by atoms with Gasteiger partial charge in [0.05, 0.1) is 22.4 Å². The number of benzene rings is 2. The summed E-state index contributed by atoms with van der Waals surface area (Å²) in [6.45, 7) is 3.33. The number of hydrogen-bond donors (Lipinski definition) is 3. The minimum Gasteiger partial charge on any atom is -0.412 e. The molecule has 0 aliphatic carbocycles. The van der Waals surface area contributed by atoms with Gasteiger partial charge >= 0.3 is 0 Å². The van der Waals surface area contributed by atoms with Crippen molar-refractivity contribution in [3.63, 3.8) is 0 Å². The molecule has 0 spiro atoms. The highest BCUT2D eigenvalue weighted by Crippen LogP contribution is 2.24. The molecule has 13 heteroatoms. The molecule has 2 aromatic rings. The van der Waals surface area contributed by atoms with Gasteiger partial charge < -0.3 is 5.48 Å². The smallest absolute Gasteiger partial charge is 0.294 e. The zero-order chi connectivity index (χ0) is 23.9. The Kier molecular flexibility index (Phi) is 11.0. The van der Waals surface area contributed by atoms with Crippen LogP contribution in [0.1, 0.15) is 17.5 Å². The number of halogens is 2. The summed E-state index contributed by atoms with van der Waals surface area (Å²) in [6.07, 6.45) is -0.344.